The number of carbonyl (C=O) groups is 1. The van der Waals surface area contributed by atoms with Crippen LogP contribution in [-0.4, -0.2) is 28.8 Å². The van der Waals surface area contributed by atoms with Gasteiger partial charge in [0.2, 0.25) is 0 Å². The van der Waals surface area contributed by atoms with Gasteiger partial charge in [-0.25, -0.2) is 0 Å². The Bertz CT molecular complexity index is 1230. The van der Waals surface area contributed by atoms with Gasteiger partial charge in [-0.1, -0.05) is 23.4 Å². The number of hydrogen-bond acceptors (Lipinski definition) is 4. The quantitative estimate of drug-likeness (QED) is 0.405. The van der Waals surface area contributed by atoms with Crippen LogP contribution in [0, 0.1) is 13.8 Å². The summed E-state index contributed by atoms with van der Waals surface area (Å²) in [5.41, 5.74) is 1.45. The predicted octanol–water partition coefficient (Wildman–Crippen LogP) is 5.66. The maximum absolute atomic E-state index is 13.6. The number of carbonyl (C=O) groups excluding carboxylic acids is 1. The highest BCUT2D eigenvalue weighted by molar-refractivity contribution is 6.16. The molecule has 30 heavy (non-hydrogen) atoms. The van der Waals surface area contributed by atoms with E-state index in [1.807, 2.05) is 0 Å². The minimum absolute atomic E-state index is 0.0972. The summed E-state index contributed by atoms with van der Waals surface area (Å²) in [5.74, 6) is -0.997. The smallest absolute Gasteiger partial charge is 0.454 e. The van der Waals surface area contributed by atoms with Gasteiger partial charge in [0.25, 0.3) is 5.78 Å². The Morgan fingerprint density at radius 1 is 1.07 bits per heavy atom. The summed E-state index contributed by atoms with van der Waals surface area (Å²) in [6, 6.07) is 13.3. The zero-order valence-electron chi connectivity index (χ0n) is 16.4. The highest BCUT2D eigenvalue weighted by Crippen LogP contribution is 2.41. The molecular weight excluding hydrogens is 397 g/mol. The maximum atomic E-state index is 13.6. The van der Waals surface area contributed by atoms with Gasteiger partial charge in [-0.3, -0.25) is 4.79 Å². The summed E-state index contributed by atoms with van der Waals surface area (Å²) < 4.78 is 52.8. The van der Waals surface area contributed by atoms with Crippen LogP contribution < -0.4 is 4.74 Å². The Kier molecular flexibility index (Phi) is 4.64. The van der Waals surface area contributed by atoms with Crippen molar-refractivity contribution < 1.29 is 27.2 Å². The first-order valence-corrected chi connectivity index (χ1v) is 9.06. The van der Waals surface area contributed by atoms with Crippen LogP contribution in [0.1, 0.15) is 21.8 Å². The highest BCUT2D eigenvalue weighted by atomic mass is 19.4. The molecule has 2 aromatic carbocycles. The number of aryl methyl sites for hydroxylation is 2. The Hall–Kier alpha value is -3.55. The van der Waals surface area contributed by atoms with Crippen LogP contribution in [0.4, 0.5) is 13.2 Å². The minimum Gasteiger partial charge on any atom is -0.497 e. The number of benzene rings is 2. The van der Waals surface area contributed by atoms with Crippen molar-refractivity contribution >= 4 is 16.7 Å². The molecule has 4 aromatic rings. The fourth-order valence-corrected chi connectivity index (χ4v) is 3.67. The number of Topliss-reactive ketones (excluding diaryl/α,β-unsaturated/α-hetero) is 1. The third-order valence-electron chi connectivity index (χ3n) is 4.96. The number of methoxy groups -OCH3 is 1. The molecule has 4 rings (SSSR count). The van der Waals surface area contributed by atoms with Crippen molar-refractivity contribution in [2.24, 2.45) is 0 Å². The van der Waals surface area contributed by atoms with Gasteiger partial charge in [0.1, 0.15) is 11.5 Å². The molecule has 0 unspecified atom stereocenters. The lowest BCUT2D eigenvalue weighted by Crippen LogP contribution is -2.23. The SMILES string of the molecule is COc1ccc(-n2c(-c3c(C)noc3C)c(C(=O)C(F)(F)F)c3ccccc32)cc1. The first-order chi connectivity index (χ1) is 14.2. The fraction of sp³-hybridized carbons (Fsp3) is 0.182. The van der Waals surface area contributed by atoms with E-state index in [9.17, 15) is 18.0 Å². The molecule has 0 bridgehead atoms. The monoisotopic (exact) mass is 414 g/mol. The number of ether oxygens (including phenoxy) is 1. The molecule has 2 heterocycles. The third kappa shape index (κ3) is 3.04. The van der Waals surface area contributed by atoms with Crippen molar-refractivity contribution in [3.05, 3.63) is 65.5 Å². The summed E-state index contributed by atoms with van der Waals surface area (Å²) >= 11 is 0. The van der Waals surface area contributed by atoms with Gasteiger partial charge < -0.3 is 13.8 Å². The summed E-state index contributed by atoms with van der Waals surface area (Å²) in [6.45, 7) is 3.23. The molecule has 0 radical (unpaired) electrons. The van der Waals surface area contributed by atoms with E-state index in [1.165, 1.54) is 13.2 Å². The van der Waals surface area contributed by atoms with E-state index < -0.39 is 17.5 Å². The van der Waals surface area contributed by atoms with Crippen LogP contribution in [0.25, 0.3) is 27.8 Å². The number of aromatic nitrogens is 2. The molecule has 0 saturated heterocycles. The van der Waals surface area contributed by atoms with E-state index in [4.69, 9.17) is 9.26 Å². The molecule has 8 heteroatoms. The zero-order chi connectivity index (χ0) is 21.6. The van der Waals surface area contributed by atoms with Crippen LogP contribution >= 0.6 is 0 Å². The lowest BCUT2D eigenvalue weighted by Gasteiger charge is -2.13. The second kappa shape index (κ2) is 7.05. The van der Waals surface area contributed by atoms with Gasteiger partial charge >= 0.3 is 6.18 Å². The number of halogens is 3. The number of alkyl halides is 3. The first kappa shape index (κ1) is 19.8. The topological polar surface area (TPSA) is 57.3 Å². The van der Waals surface area contributed by atoms with Crippen molar-refractivity contribution in [1.29, 1.82) is 0 Å². The van der Waals surface area contributed by atoms with Crippen LogP contribution in [0.2, 0.25) is 0 Å². The fourth-order valence-electron chi connectivity index (χ4n) is 3.67. The highest BCUT2D eigenvalue weighted by Gasteiger charge is 2.43. The van der Waals surface area contributed by atoms with Crippen molar-refractivity contribution in [2.45, 2.75) is 20.0 Å². The first-order valence-electron chi connectivity index (χ1n) is 9.06. The molecule has 0 amide bonds. The normalized spacial score (nSPS) is 11.8. The van der Waals surface area contributed by atoms with Gasteiger partial charge in [0.05, 0.1) is 35.1 Å². The van der Waals surface area contributed by atoms with Crippen molar-refractivity contribution in [1.82, 2.24) is 9.72 Å². The van der Waals surface area contributed by atoms with E-state index in [0.717, 1.165) is 0 Å². The largest absolute Gasteiger partial charge is 0.497 e. The summed E-state index contributed by atoms with van der Waals surface area (Å²) in [7, 11) is 1.52. The lowest BCUT2D eigenvalue weighted by atomic mass is 10.00. The number of nitrogens with zero attached hydrogens (tertiary/aromatic N) is 2. The van der Waals surface area contributed by atoms with Gasteiger partial charge in [0.15, 0.2) is 0 Å². The number of hydrogen-bond donors (Lipinski definition) is 0. The third-order valence-corrected chi connectivity index (χ3v) is 4.96. The van der Waals surface area contributed by atoms with Crippen molar-refractivity contribution in [3.63, 3.8) is 0 Å². The Morgan fingerprint density at radius 2 is 1.73 bits per heavy atom. The molecule has 0 N–H and O–H groups in total. The van der Waals surface area contributed by atoms with E-state index in [2.05, 4.69) is 5.16 Å². The van der Waals surface area contributed by atoms with Crippen LogP contribution in [0.5, 0.6) is 5.75 Å². The Morgan fingerprint density at radius 3 is 2.30 bits per heavy atom. The molecule has 0 aliphatic carbocycles. The molecule has 5 nitrogen and oxygen atoms in total. The summed E-state index contributed by atoms with van der Waals surface area (Å²) in [5, 5.41) is 4.09. The molecule has 154 valence electrons. The van der Waals surface area contributed by atoms with Gasteiger partial charge in [0, 0.05) is 11.1 Å². The average molecular weight is 414 g/mol. The Labute approximate surface area is 169 Å². The average Bonchev–Trinajstić information content (AvgIpc) is 3.23. The standard InChI is InChI=1S/C22H17F3N2O3/c1-12-18(13(2)30-26-12)20-19(21(28)22(23,24)25)16-6-4-5-7-17(16)27(20)14-8-10-15(29-3)11-9-14/h4-11H,1-3H3. The molecule has 0 fully saturated rings. The zero-order valence-corrected chi connectivity index (χ0v) is 16.4. The molecule has 0 atom stereocenters. The van der Waals surface area contributed by atoms with Crippen molar-refractivity contribution in [2.75, 3.05) is 7.11 Å². The number of para-hydroxylation sites is 1. The molecular formula is C22H17F3N2O3. The summed E-state index contributed by atoms with van der Waals surface area (Å²) in [6.07, 6.45) is -5.04. The molecule has 0 aliphatic heterocycles. The van der Waals surface area contributed by atoms with Crippen molar-refractivity contribution in [3.8, 4) is 22.7 Å². The summed E-state index contributed by atoms with van der Waals surface area (Å²) in [4.78, 5) is 12.6. The number of fused-ring (bicyclic) bond motifs is 1. The van der Waals surface area contributed by atoms with Crippen LogP contribution in [-0.2, 0) is 0 Å². The van der Waals surface area contributed by atoms with E-state index >= 15 is 0 Å². The van der Waals surface area contributed by atoms with E-state index in [0.29, 0.717) is 34.0 Å². The minimum atomic E-state index is -5.04. The molecule has 0 spiro atoms. The lowest BCUT2D eigenvalue weighted by molar-refractivity contribution is -0.0883. The Balaban J connectivity index is 2.18. The van der Waals surface area contributed by atoms with E-state index in [1.54, 1.807) is 60.9 Å². The van der Waals surface area contributed by atoms with Gasteiger partial charge in [-0.15, -0.1) is 0 Å². The molecule has 0 aliphatic rings. The van der Waals surface area contributed by atoms with Crippen LogP contribution in [0.3, 0.4) is 0 Å². The maximum Gasteiger partial charge on any atom is 0.454 e. The van der Waals surface area contributed by atoms with Gasteiger partial charge in [-0.05, 0) is 44.2 Å². The second-order valence-electron chi connectivity index (χ2n) is 6.80. The van der Waals surface area contributed by atoms with Crippen LogP contribution in [0.15, 0.2) is 53.1 Å². The molecule has 2 aromatic heterocycles. The molecule has 0 saturated carbocycles. The predicted molar refractivity (Wildman–Crippen MR) is 105 cm³/mol. The van der Waals surface area contributed by atoms with E-state index in [-0.39, 0.29) is 11.1 Å². The number of rotatable bonds is 4. The van der Waals surface area contributed by atoms with Gasteiger partial charge in [-0.2, -0.15) is 13.2 Å². The second-order valence-corrected chi connectivity index (χ2v) is 6.80. The number of ketones is 1.